The van der Waals surface area contributed by atoms with E-state index in [1.54, 1.807) is 36.5 Å². The number of carbonyl (C=O) groups excluding carboxylic acids is 1. The Balaban J connectivity index is 1.63. The summed E-state index contributed by atoms with van der Waals surface area (Å²) in [4.78, 5) is 28.0. The van der Waals surface area contributed by atoms with Gasteiger partial charge in [-0.25, -0.2) is 4.98 Å². The fraction of sp³-hybridized carbons (Fsp3) is 0.111. The number of nitrogens with one attached hydrogen (secondary N) is 1. The minimum absolute atomic E-state index is 0.0514. The molecule has 26 heavy (non-hydrogen) atoms. The number of para-hydroxylation sites is 1. The van der Waals surface area contributed by atoms with E-state index in [1.165, 1.54) is 17.8 Å². The van der Waals surface area contributed by atoms with Gasteiger partial charge in [0, 0.05) is 41.7 Å². The lowest BCUT2D eigenvalue weighted by Crippen LogP contribution is -2.15. The molecule has 0 aliphatic heterocycles. The molecule has 1 aromatic heterocycles. The molecule has 7 nitrogen and oxygen atoms in total. The largest absolute Gasteiger partial charge is 0.329 e. The van der Waals surface area contributed by atoms with E-state index in [0.717, 1.165) is 10.1 Å². The van der Waals surface area contributed by atoms with E-state index in [-0.39, 0.29) is 18.0 Å². The van der Waals surface area contributed by atoms with E-state index in [9.17, 15) is 14.9 Å². The van der Waals surface area contributed by atoms with Crippen LogP contribution in [0.4, 0.5) is 11.4 Å². The predicted molar refractivity (Wildman–Crippen MR) is 99.2 cm³/mol. The lowest BCUT2D eigenvalue weighted by Gasteiger charge is -2.07. The molecule has 132 valence electrons. The van der Waals surface area contributed by atoms with Gasteiger partial charge >= 0.3 is 0 Å². The first-order valence-electron chi connectivity index (χ1n) is 7.80. The number of anilines is 1. The minimum Gasteiger partial charge on any atom is -0.329 e. The van der Waals surface area contributed by atoms with Crippen molar-refractivity contribution in [3.63, 3.8) is 0 Å². The number of nitro benzene ring substituents is 1. The number of benzene rings is 2. The molecule has 0 saturated carbocycles. The Hall–Kier alpha value is -3.13. The summed E-state index contributed by atoms with van der Waals surface area (Å²) < 4.78 is 1.92. The van der Waals surface area contributed by atoms with Crippen LogP contribution >= 0.6 is 11.8 Å². The Labute approximate surface area is 154 Å². The number of imidazole rings is 1. The van der Waals surface area contributed by atoms with E-state index >= 15 is 0 Å². The molecule has 0 aliphatic rings. The molecule has 0 radical (unpaired) electrons. The van der Waals surface area contributed by atoms with E-state index < -0.39 is 4.92 Å². The monoisotopic (exact) mass is 368 g/mol. The van der Waals surface area contributed by atoms with Crippen LogP contribution in [-0.4, -0.2) is 20.4 Å². The quantitative estimate of drug-likeness (QED) is 0.530. The summed E-state index contributed by atoms with van der Waals surface area (Å²) in [5.74, 6) is -0.302. The summed E-state index contributed by atoms with van der Waals surface area (Å²) in [7, 11) is 1.92. The van der Waals surface area contributed by atoms with Crippen molar-refractivity contribution in [3.05, 3.63) is 76.6 Å². The fourth-order valence-electron chi connectivity index (χ4n) is 2.38. The molecule has 1 amide bonds. The first kappa shape index (κ1) is 17.7. The molecule has 0 fully saturated rings. The summed E-state index contributed by atoms with van der Waals surface area (Å²) in [5.41, 5.74) is 0.971. The van der Waals surface area contributed by atoms with Crippen molar-refractivity contribution in [2.45, 2.75) is 16.5 Å². The highest BCUT2D eigenvalue weighted by molar-refractivity contribution is 7.99. The van der Waals surface area contributed by atoms with Gasteiger partial charge in [0.2, 0.25) is 5.91 Å². The fourth-order valence-corrected chi connectivity index (χ4v) is 3.18. The highest BCUT2D eigenvalue weighted by atomic mass is 32.2. The Morgan fingerprint density at radius 2 is 1.96 bits per heavy atom. The topological polar surface area (TPSA) is 90.1 Å². The average molecular weight is 368 g/mol. The van der Waals surface area contributed by atoms with Crippen molar-refractivity contribution < 1.29 is 9.72 Å². The van der Waals surface area contributed by atoms with Crippen LogP contribution in [0.25, 0.3) is 0 Å². The summed E-state index contributed by atoms with van der Waals surface area (Å²) in [6, 6.07) is 13.6. The SMILES string of the molecule is Cn1ccnc1Sc1ccc(NC(=O)Cc2ccccc2[N+](=O)[O-])cc1. The number of rotatable bonds is 6. The normalized spacial score (nSPS) is 10.5. The zero-order chi connectivity index (χ0) is 18.5. The third-order valence-electron chi connectivity index (χ3n) is 3.66. The second kappa shape index (κ2) is 7.83. The number of aryl methyl sites for hydroxylation is 1. The van der Waals surface area contributed by atoms with Crippen molar-refractivity contribution >= 4 is 29.0 Å². The molecule has 2 aromatic carbocycles. The first-order chi connectivity index (χ1) is 12.5. The van der Waals surface area contributed by atoms with Crippen molar-refractivity contribution in [1.29, 1.82) is 0 Å². The van der Waals surface area contributed by atoms with Crippen LogP contribution in [0.3, 0.4) is 0 Å². The van der Waals surface area contributed by atoms with Gasteiger partial charge in [0.05, 0.1) is 11.3 Å². The van der Waals surface area contributed by atoms with Gasteiger partial charge in [-0.1, -0.05) is 30.0 Å². The smallest absolute Gasteiger partial charge is 0.273 e. The Morgan fingerprint density at radius 1 is 1.23 bits per heavy atom. The van der Waals surface area contributed by atoms with Crippen molar-refractivity contribution in [2.24, 2.45) is 7.05 Å². The van der Waals surface area contributed by atoms with Crippen LogP contribution in [0.1, 0.15) is 5.56 Å². The number of hydrogen-bond donors (Lipinski definition) is 1. The molecule has 1 N–H and O–H groups in total. The van der Waals surface area contributed by atoms with Gasteiger partial charge in [0.25, 0.3) is 5.69 Å². The Bertz CT molecular complexity index is 938. The van der Waals surface area contributed by atoms with Crippen LogP contribution in [-0.2, 0) is 18.3 Å². The van der Waals surface area contributed by atoms with E-state index in [1.807, 2.05) is 29.9 Å². The number of amides is 1. The van der Waals surface area contributed by atoms with Crippen LogP contribution in [0.15, 0.2) is 71.0 Å². The second-order valence-electron chi connectivity index (χ2n) is 5.56. The van der Waals surface area contributed by atoms with Gasteiger partial charge in [-0.3, -0.25) is 14.9 Å². The van der Waals surface area contributed by atoms with Crippen LogP contribution in [0.5, 0.6) is 0 Å². The number of carbonyl (C=O) groups is 1. The highest BCUT2D eigenvalue weighted by Crippen LogP contribution is 2.27. The van der Waals surface area contributed by atoms with Gasteiger partial charge in [-0.05, 0) is 24.3 Å². The molecule has 0 bridgehead atoms. The number of nitrogens with zero attached hydrogens (tertiary/aromatic N) is 3. The van der Waals surface area contributed by atoms with E-state index in [2.05, 4.69) is 10.3 Å². The Morgan fingerprint density at radius 3 is 2.62 bits per heavy atom. The number of aromatic nitrogens is 2. The molecule has 0 unspecified atom stereocenters. The third-order valence-corrected chi connectivity index (χ3v) is 4.75. The zero-order valence-electron chi connectivity index (χ0n) is 14.0. The third kappa shape index (κ3) is 4.28. The van der Waals surface area contributed by atoms with Crippen LogP contribution < -0.4 is 5.32 Å². The molecule has 1 heterocycles. The molecule has 0 atom stereocenters. The zero-order valence-corrected chi connectivity index (χ0v) is 14.8. The van der Waals surface area contributed by atoms with Crippen molar-refractivity contribution in [1.82, 2.24) is 9.55 Å². The standard InChI is InChI=1S/C18H16N4O3S/c1-21-11-10-19-18(21)26-15-8-6-14(7-9-15)20-17(23)12-13-4-2-3-5-16(13)22(24)25/h2-11H,12H2,1H3,(H,20,23). The molecule has 3 aromatic rings. The van der Waals surface area contributed by atoms with Crippen LogP contribution in [0.2, 0.25) is 0 Å². The van der Waals surface area contributed by atoms with Gasteiger partial charge in [0.15, 0.2) is 5.16 Å². The molecule has 0 aliphatic carbocycles. The molecule has 0 saturated heterocycles. The molecule has 3 rings (SSSR count). The number of nitro groups is 1. The lowest BCUT2D eigenvalue weighted by atomic mass is 10.1. The first-order valence-corrected chi connectivity index (χ1v) is 8.62. The van der Waals surface area contributed by atoms with E-state index in [0.29, 0.717) is 11.3 Å². The minimum atomic E-state index is -0.480. The van der Waals surface area contributed by atoms with Gasteiger partial charge < -0.3 is 9.88 Å². The van der Waals surface area contributed by atoms with Crippen molar-refractivity contribution in [2.75, 3.05) is 5.32 Å². The highest BCUT2D eigenvalue weighted by Gasteiger charge is 2.15. The number of hydrogen-bond acceptors (Lipinski definition) is 5. The molecular weight excluding hydrogens is 352 g/mol. The Kier molecular flexibility index (Phi) is 5.33. The molecule has 8 heteroatoms. The maximum Gasteiger partial charge on any atom is 0.273 e. The predicted octanol–water partition coefficient (Wildman–Crippen LogP) is 3.66. The van der Waals surface area contributed by atoms with E-state index in [4.69, 9.17) is 0 Å². The average Bonchev–Trinajstić information content (AvgIpc) is 3.01. The lowest BCUT2D eigenvalue weighted by molar-refractivity contribution is -0.385. The van der Waals surface area contributed by atoms with Gasteiger partial charge in [-0.2, -0.15) is 0 Å². The maximum absolute atomic E-state index is 12.2. The maximum atomic E-state index is 12.2. The summed E-state index contributed by atoms with van der Waals surface area (Å²) in [6.45, 7) is 0. The van der Waals surface area contributed by atoms with Crippen molar-refractivity contribution in [3.8, 4) is 0 Å². The molecule has 0 spiro atoms. The summed E-state index contributed by atoms with van der Waals surface area (Å²) in [5, 5.41) is 14.7. The summed E-state index contributed by atoms with van der Waals surface area (Å²) >= 11 is 1.52. The van der Waals surface area contributed by atoms with Gasteiger partial charge in [0.1, 0.15) is 0 Å². The van der Waals surface area contributed by atoms with Gasteiger partial charge in [-0.15, -0.1) is 0 Å². The van der Waals surface area contributed by atoms with Crippen LogP contribution in [0, 0.1) is 10.1 Å². The molecular formula is C18H16N4O3S. The second-order valence-corrected chi connectivity index (χ2v) is 6.60. The summed E-state index contributed by atoms with van der Waals surface area (Å²) in [6.07, 6.45) is 3.56.